The lowest BCUT2D eigenvalue weighted by atomic mass is 10.2. The maximum atomic E-state index is 12.6. The minimum Gasteiger partial charge on any atom is -0.504 e. The molecule has 2 aromatic rings. The average molecular weight is 351 g/mol. The highest BCUT2D eigenvalue weighted by atomic mass is 31.2. The first kappa shape index (κ1) is 17.8. The largest absolute Gasteiger partial charge is 0.504 e. The van der Waals surface area contributed by atoms with Gasteiger partial charge in [-0.1, -0.05) is 6.58 Å². The molecule has 2 N–H and O–H groups in total. The van der Waals surface area contributed by atoms with Crippen molar-refractivity contribution in [1.29, 1.82) is 0 Å². The van der Waals surface area contributed by atoms with Crippen molar-refractivity contribution in [2.75, 3.05) is 12.6 Å². The first-order chi connectivity index (χ1) is 11.4. The number of methoxy groups -OCH3 is 1. The molecule has 1 atom stereocenters. The Morgan fingerprint density at radius 2 is 2.12 bits per heavy atom. The van der Waals surface area contributed by atoms with Gasteiger partial charge >= 0.3 is 7.60 Å². The third-order valence-corrected chi connectivity index (χ3v) is 4.23. The van der Waals surface area contributed by atoms with E-state index in [1.54, 1.807) is 19.9 Å². The Balaban J connectivity index is 2.17. The van der Waals surface area contributed by atoms with Crippen LogP contribution in [0.2, 0.25) is 0 Å². The van der Waals surface area contributed by atoms with Crippen LogP contribution in [0.15, 0.2) is 36.8 Å². The number of aromatic hydroxyl groups is 1. The van der Waals surface area contributed by atoms with Gasteiger partial charge in [-0.25, -0.2) is 20.0 Å². The minimum atomic E-state index is -3.73. The van der Waals surface area contributed by atoms with Gasteiger partial charge in [0.15, 0.2) is 11.5 Å². The quantitative estimate of drug-likeness (QED) is 0.576. The SMILES string of the molecule is C=CP(=O)(ONc1nccc(C)n1)Oc1cc(C)c(O)c(OC)c1. The van der Waals surface area contributed by atoms with Crippen LogP contribution >= 0.6 is 7.60 Å². The summed E-state index contributed by atoms with van der Waals surface area (Å²) < 4.78 is 28.1. The van der Waals surface area contributed by atoms with Gasteiger partial charge in [0.05, 0.1) is 7.11 Å². The van der Waals surface area contributed by atoms with Crippen molar-refractivity contribution in [3.63, 3.8) is 0 Å². The molecule has 1 heterocycles. The zero-order valence-electron chi connectivity index (χ0n) is 13.5. The number of phenols is 1. The summed E-state index contributed by atoms with van der Waals surface area (Å²) in [6, 6.07) is 4.60. The fraction of sp³-hybridized carbons (Fsp3) is 0.200. The van der Waals surface area contributed by atoms with Gasteiger partial charge in [0.1, 0.15) is 5.75 Å². The predicted octanol–water partition coefficient (Wildman–Crippen LogP) is 3.57. The van der Waals surface area contributed by atoms with Gasteiger partial charge in [-0.3, -0.25) is 0 Å². The highest BCUT2D eigenvalue weighted by molar-refractivity contribution is 7.57. The van der Waals surface area contributed by atoms with Crippen molar-refractivity contribution in [3.8, 4) is 17.2 Å². The molecule has 0 radical (unpaired) electrons. The van der Waals surface area contributed by atoms with Crippen molar-refractivity contribution >= 4 is 13.5 Å². The molecule has 1 unspecified atom stereocenters. The molecule has 0 amide bonds. The monoisotopic (exact) mass is 351 g/mol. The Kier molecular flexibility index (Phi) is 5.43. The highest BCUT2D eigenvalue weighted by Gasteiger charge is 2.24. The first-order valence-corrected chi connectivity index (χ1v) is 8.53. The number of anilines is 1. The lowest BCUT2D eigenvalue weighted by molar-refractivity contribution is 0.323. The molecule has 0 bridgehead atoms. The van der Waals surface area contributed by atoms with Crippen LogP contribution in [0.1, 0.15) is 11.3 Å². The van der Waals surface area contributed by atoms with Gasteiger partial charge in [-0.15, -0.1) is 0 Å². The van der Waals surface area contributed by atoms with Gasteiger partial charge in [-0.2, -0.15) is 4.62 Å². The molecule has 0 aliphatic carbocycles. The van der Waals surface area contributed by atoms with Crippen LogP contribution < -0.4 is 14.7 Å². The average Bonchev–Trinajstić information content (AvgIpc) is 2.56. The third-order valence-electron chi connectivity index (χ3n) is 2.97. The number of benzene rings is 1. The fourth-order valence-electron chi connectivity index (χ4n) is 1.77. The minimum absolute atomic E-state index is 0.0227. The maximum Gasteiger partial charge on any atom is 0.424 e. The van der Waals surface area contributed by atoms with Crippen molar-refractivity contribution in [3.05, 3.63) is 48.0 Å². The number of nitrogens with one attached hydrogen (secondary N) is 1. The van der Waals surface area contributed by atoms with E-state index < -0.39 is 7.60 Å². The second-order valence-electron chi connectivity index (χ2n) is 4.82. The van der Waals surface area contributed by atoms with Crippen LogP contribution in [0.4, 0.5) is 5.95 Å². The first-order valence-electron chi connectivity index (χ1n) is 6.91. The molecule has 0 fully saturated rings. The van der Waals surface area contributed by atoms with Crippen molar-refractivity contribution in [1.82, 2.24) is 9.97 Å². The Hall–Kier alpha value is -2.57. The summed E-state index contributed by atoms with van der Waals surface area (Å²) >= 11 is 0. The lowest BCUT2D eigenvalue weighted by Gasteiger charge is -2.17. The maximum absolute atomic E-state index is 12.6. The molecule has 0 aliphatic heterocycles. The zero-order chi connectivity index (χ0) is 17.7. The van der Waals surface area contributed by atoms with Crippen LogP contribution in [-0.2, 0) is 9.19 Å². The number of aryl methyl sites for hydroxylation is 2. The van der Waals surface area contributed by atoms with Crippen LogP contribution in [0.5, 0.6) is 17.2 Å². The van der Waals surface area contributed by atoms with Gasteiger partial charge in [0.2, 0.25) is 5.95 Å². The number of hydrogen-bond donors (Lipinski definition) is 2. The third kappa shape index (κ3) is 4.24. The molecule has 1 aromatic carbocycles. The molecule has 2 rings (SSSR count). The van der Waals surface area contributed by atoms with Crippen molar-refractivity contribution < 1.29 is 23.6 Å². The van der Waals surface area contributed by atoms with Crippen LogP contribution in [-0.4, -0.2) is 22.2 Å². The number of aromatic nitrogens is 2. The normalized spacial score (nSPS) is 13.0. The summed E-state index contributed by atoms with van der Waals surface area (Å²) in [4.78, 5) is 7.99. The number of ether oxygens (including phenoxy) is 1. The second-order valence-corrected chi connectivity index (χ2v) is 6.63. The van der Waals surface area contributed by atoms with Gasteiger partial charge in [-0.05, 0) is 31.5 Å². The van der Waals surface area contributed by atoms with Crippen LogP contribution in [0, 0.1) is 13.8 Å². The Morgan fingerprint density at radius 3 is 2.75 bits per heavy atom. The van der Waals surface area contributed by atoms with Crippen molar-refractivity contribution in [2.24, 2.45) is 0 Å². The van der Waals surface area contributed by atoms with E-state index in [1.165, 1.54) is 25.4 Å². The molecule has 128 valence electrons. The Bertz CT molecular complexity index is 797. The standard InChI is InChI=1S/C15H18N3O5P/c1-5-24(20,23-18-15-16-7-6-11(3)17-15)22-12-8-10(2)14(19)13(9-12)21-4/h5-9,19H,1H2,2-4H3,(H,16,17,18). The van der Waals surface area contributed by atoms with Crippen LogP contribution in [0.3, 0.4) is 0 Å². The van der Waals surface area contributed by atoms with E-state index in [-0.39, 0.29) is 23.2 Å². The summed E-state index contributed by atoms with van der Waals surface area (Å²) in [7, 11) is -2.33. The van der Waals surface area contributed by atoms with Crippen molar-refractivity contribution in [2.45, 2.75) is 13.8 Å². The highest BCUT2D eigenvalue weighted by Crippen LogP contribution is 2.50. The summed E-state index contributed by atoms with van der Waals surface area (Å²) in [5.74, 6) is 1.54. The number of rotatable bonds is 7. The molecule has 1 aromatic heterocycles. The Labute approximate surface area is 139 Å². The van der Waals surface area contributed by atoms with Gasteiger partial charge < -0.3 is 14.4 Å². The van der Waals surface area contributed by atoms with E-state index in [1.807, 2.05) is 0 Å². The summed E-state index contributed by atoms with van der Waals surface area (Å²) in [5.41, 5.74) is 3.60. The van der Waals surface area contributed by atoms with Gasteiger partial charge in [0.25, 0.3) is 0 Å². The summed E-state index contributed by atoms with van der Waals surface area (Å²) in [6.45, 7) is 6.90. The topological polar surface area (TPSA) is 103 Å². The fourth-order valence-corrected chi connectivity index (χ4v) is 2.56. The number of nitrogens with zero attached hydrogens (tertiary/aromatic N) is 2. The van der Waals surface area contributed by atoms with E-state index in [9.17, 15) is 9.67 Å². The number of hydrogen-bond acceptors (Lipinski definition) is 8. The molecule has 0 aliphatic rings. The molecular weight excluding hydrogens is 333 g/mol. The lowest BCUT2D eigenvalue weighted by Crippen LogP contribution is -2.06. The van der Waals surface area contributed by atoms with E-state index in [0.29, 0.717) is 11.3 Å². The molecule has 8 nitrogen and oxygen atoms in total. The summed E-state index contributed by atoms with van der Waals surface area (Å²) in [5, 5.41) is 9.83. The zero-order valence-corrected chi connectivity index (χ0v) is 14.4. The molecule has 24 heavy (non-hydrogen) atoms. The molecule has 0 saturated heterocycles. The predicted molar refractivity (Wildman–Crippen MR) is 89.3 cm³/mol. The summed E-state index contributed by atoms with van der Waals surface area (Å²) in [6.07, 6.45) is 1.53. The van der Waals surface area contributed by atoms with Gasteiger partial charge in [0, 0.05) is 23.8 Å². The smallest absolute Gasteiger partial charge is 0.424 e. The second kappa shape index (κ2) is 7.33. The van der Waals surface area contributed by atoms with E-state index in [4.69, 9.17) is 13.9 Å². The molecule has 9 heteroatoms. The molecule has 0 spiro atoms. The van der Waals surface area contributed by atoms with E-state index in [2.05, 4.69) is 22.0 Å². The van der Waals surface area contributed by atoms with E-state index >= 15 is 0 Å². The van der Waals surface area contributed by atoms with Crippen LogP contribution in [0.25, 0.3) is 0 Å². The Morgan fingerprint density at radius 1 is 1.38 bits per heavy atom. The van der Waals surface area contributed by atoms with E-state index in [0.717, 1.165) is 5.82 Å². The molecular formula is C15H18N3O5P. The molecule has 0 saturated carbocycles. The number of phenolic OH excluding ortho intramolecular Hbond substituents is 1.